The van der Waals surface area contributed by atoms with E-state index >= 15 is 0 Å². The van der Waals surface area contributed by atoms with E-state index in [-0.39, 0.29) is 11.9 Å². The summed E-state index contributed by atoms with van der Waals surface area (Å²) in [5.41, 5.74) is 3.00. The topological polar surface area (TPSA) is 43.3 Å². The predicted molar refractivity (Wildman–Crippen MR) is 100.0 cm³/mol. The van der Waals surface area contributed by atoms with Gasteiger partial charge in [-0.3, -0.25) is 4.79 Å². The lowest BCUT2D eigenvalue weighted by atomic mass is 10.0. The van der Waals surface area contributed by atoms with Crippen molar-refractivity contribution in [3.8, 4) is 5.75 Å². The Labute approximate surface area is 148 Å². The lowest BCUT2D eigenvalue weighted by Gasteiger charge is -2.20. The lowest BCUT2D eigenvalue weighted by Crippen LogP contribution is -2.20. The highest BCUT2D eigenvalue weighted by atomic mass is 16.5. The quantitative estimate of drug-likeness (QED) is 0.725. The van der Waals surface area contributed by atoms with Gasteiger partial charge in [0.1, 0.15) is 5.75 Å². The third-order valence-electron chi connectivity index (χ3n) is 4.21. The van der Waals surface area contributed by atoms with Crippen LogP contribution in [0.2, 0.25) is 0 Å². The molecule has 0 unspecified atom stereocenters. The van der Waals surface area contributed by atoms with Crippen LogP contribution in [0, 0.1) is 6.92 Å². The molecule has 0 bridgehead atoms. The van der Waals surface area contributed by atoms with Gasteiger partial charge in [0.15, 0.2) is 0 Å². The summed E-state index contributed by atoms with van der Waals surface area (Å²) >= 11 is 0. The van der Waals surface area contributed by atoms with E-state index in [1.54, 1.807) is 7.11 Å². The van der Waals surface area contributed by atoms with Gasteiger partial charge in [-0.15, -0.1) is 0 Å². The molecule has 1 heterocycles. The largest absolute Gasteiger partial charge is 0.495 e. The third kappa shape index (κ3) is 4.10. The molecule has 4 heteroatoms. The Morgan fingerprint density at radius 2 is 1.72 bits per heavy atom. The van der Waals surface area contributed by atoms with Crippen molar-refractivity contribution in [2.24, 2.45) is 0 Å². The van der Waals surface area contributed by atoms with Gasteiger partial charge >= 0.3 is 0 Å². The highest BCUT2D eigenvalue weighted by Crippen LogP contribution is 2.26. The molecular weight excluding hydrogens is 312 g/mol. The monoisotopic (exact) mass is 334 g/mol. The van der Waals surface area contributed by atoms with Gasteiger partial charge in [0.05, 0.1) is 25.3 Å². The van der Waals surface area contributed by atoms with Gasteiger partial charge in [0.2, 0.25) is 5.91 Å². The van der Waals surface area contributed by atoms with Crippen LogP contribution in [0.5, 0.6) is 5.75 Å². The highest BCUT2D eigenvalue weighted by Gasteiger charge is 2.18. The first-order valence-corrected chi connectivity index (χ1v) is 8.29. The number of rotatable bonds is 6. The Morgan fingerprint density at radius 1 is 1.04 bits per heavy atom. The normalized spacial score (nSPS) is 11.8. The minimum Gasteiger partial charge on any atom is -0.495 e. The van der Waals surface area contributed by atoms with E-state index in [0.717, 1.165) is 5.56 Å². The number of aromatic nitrogens is 1. The minimum absolute atomic E-state index is 0.0506. The molecule has 1 amide bonds. The number of amides is 1. The molecule has 3 rings (SSSR count). The molecule has 0 aliphatic rings. The molecule has 0 saturated heterocycles. The molecule has 1 N–H and O–H groups in total. The first kappa shape index (κ1) is 16.8. The van der Waals surface area contributed by atoms with Crippen LogP contribution in [0.3, 0.4) is 0 Å². The second-order valence-electron chi connectivity index (χ2n) is 6.01. The molecule has 3 aromatic rings. The zero-order chi connectivity index (χ0) is 17.6. The van der Waals surface area contributed by atoms with Crippen LogP contribution >= 0.6 is 0 Å². The molecule has 0 radical (unpaired) electrons. The zero-order valence-electron chi connectivity index (χ0n) is 14.5. The van der Waals surface area contributed by atoms with Crippen molar-refractivity contribution < 1.29 is 9.53 Å². The van der Waals surface area contributed by atoms with Gasteiger partial charge < -0.3 is 14.6 Å². The fraction of sp³-hybridized carbons (Fsp3) is 0.190. The standard InChI is InChI=1S/C21H22N2O2/c1-16-9-11-17(12-10-16)19(23-13-5-6-14-23)15-21(24)22-18-7-3-4-8-20(18)25-2/h3-14,19H,15H2,1-2H3,(H,22,24)/t19-/m1/s1. The molecule has 0 aliphatic heterocycles. The van der Waals surface area contributed by atoms with Crippen molar-refractivity contribution in [1.82, 2.24) is 4.57 Å². The number of aryl methyl sites for hydroxylation is 1. The third-order valence-corrected chi connectivity index (χ3v) is 4.21. The van der Waals surface area contributed by atoms with Crippen molar-refractivity contribution in [2.45, 2.75) is 19.4 Å². The van der Waals surface area contributed by atoms with Gasteiger partial charge in [0, 0.05) is 12.4 Å². The predicted octanol–water partition coefficient (Wildman–Crippen LogP) is 4.42. The molecule has 0 aliphatic carbocycles. The number of hydrogen-bond donors (Lipinski definition) is 1. The van der Waals surface area contributed by atoms with E-state index < -0.39 is 0 Å². The van der Waals surface area contributed by atoms with Crippen LogP contribution in [-0.2, 0) is 4.79 Å². The summed E-state index contributed by atoms with van der Waals surface area (Å²) in [5.74, 6) is 0.604. The van der Waals surface area contributed by atoms with Crippen molar-refractivity contribution in [3.05, 3.63) is 84.2 Å². The Hall–Kier alpha value is -3.01. The number of hydrogen-bond acceptors (Lipinski definition) is 2. The fourth-order valence-electron chi connectivity index (χ4n) is 2.86. The fourth-order valence-corrected chi connectivity index (χ4v) is 2.86. The van der Waals surface area contributed by atoms with Gasteiger partial charge in [0.25, 0.3) is 0 Å². The van der Waals surface area contributed by atoms with Crippen LogP contribution in [0.1, 0.15) is 23.6 Å². The Kier molecular flexibility index (Phi) is 5.19. The summed E-state index contributed by atoms with van der Waals surface area (Å²) in [4.78, 5) is 12.6. The number of carbonyl (C=O) groups is 1. The molecule has 1 atom stereocenters. The maximum absolute atomic E-state index is 12.6. The maximum Gasteiger partial charge on any atom is 0.226 e. The maximum atomic E-state index is 12.6. The summed E-state index contributed by atoms with van der Waals surface area (Å²) in [6, 6.07) is 19.6. The molecule has 1 aromatic heterocycles. The summed E-state index contributed by atoms with van der Waals surface area (Å²) in [5, 5.41) is 2.96. The Morgan fingerprint density at radius 3 is 2.40 bits per heavy atom. The molecular formula is C21H22N2O2. The number of benzene rings is 2. The molecule has 25 heavy (non-hydrogen) atoms. The molecule has 0 saturated carbocycles. The smallest absolute Gasteiger partial charge is 0.226 e. The van der Waals surface area contributed by atoms with Crippen LogP contribution < -0.4 is 10.1 Å². The number of nitrogens with zero attached hydrogens (tertiary/aromatic N) is 1. The van der Waals surface area contributed by atoms with Gasteiger partial charge in [-0.05, 0) is 36.8 Å². The summed E-state index contributed by atoms with van der Waals surface area (Å²) < 4.78 is 7.36. The van der Waals surface area contributed by atoms with Crippen molar-refractivity contribution in [1.29, 1.82) is 0 Å². The Balaban J connectivity index is 1.80. The van der Waals surface area contributed by atoms with E-state index in [0.29, 0.717) is 17.9 Å². The van der Waals surface area contributed by atoms with E-state index in [1.807, 2.05) is 48.8 Å². The zero-order valence-corrected chi connectivity index (χ0v) is 14.5. The van der Waals surface area contributed by atoms with E-state index in [2.05, 4.69) is 41.1 Å². The molecule has 0 spiro atoms. The molecule has 128 valence electrons. The molecule has 4 nitrogen and oxygen atoms in total. The van der Waals surface area contributed by atoms with Crippen LogP contribution in [0.4, 0.5) is 5.69 Å². The lowest BCUT2D eigenvalue weighted by molar-refractivity contribution is -0.116. The van der Waals surface area contributed by atoms with Gasteiger partial charge in [-0.1, -0.05) is 42.0 Å². The van der Waals surface area contributed by atoms with Crippen LogP contribution in [0.25, 0.3) is 0 Å². The number of nitrogens with one attached hydrogen (secondary N) is 1. The number of anilines is 1. The minimum atomic E-state index is -0.0521. The SMILES string of the molecule is COc1ccccc1NC(=O)C[C@H](c1ccc(C)cc1)n1cccc1. The number of carbonyl (C=O) groups excluding carboxylic acids is 1. The van der Waals surface area contributed by atoms with Crippen molar-refractivity contribution >= 4 is 11.6 Å². The van der Waals surface area contributed by atoms with E-state index in [1.165, 1.54) is 5.56 Å². The average molecular weight is 334 g/mol. The Bertz CT molecular complexity index is 823. The van der Waals surface area contributed by atoms with Crippen molar-refractivity contribution in [3.63, 3.8) is 0 Å². The average Bonchev–Trinajstić information content (AvgIpc) is 3.15. The first-order chi connectivity index (χ1) is 12.2. The van der Waals surface area contributed by atoms with Crippen molar-refractivity contribution in [2.75, 3.05) is 12.4 Å². The summed E-state index contributed by atoms with van der Waals surface area (Å²) in [7, 11) is 1.60. The first-order valence-electron chi connectivity index (χ1n) is 8.29. The summed E-state index contributed by atoms with van der Waals surface area (Å²) in [6.45, 7) is 2.06. The van der Waals surface area contributed by atoms with Crippen LogP contribution in [-0.4, -0.2) is 17.6 Å². The molecule has 2 aromatic carbocycles. The van der Waals surface area contributed by atoms with Crippen LogP contribution in [0.15, 0.2) is 73.1 Å². The van der Waals surface area contributed by atoms with Gasteiger partial charge in [-0.25, -0.2) is 0 Å². The number of methoxy groups -OCH3 is 1. The summed E-state index contributed by atoms with van der Waals surface area (Å²) in [6.07, 6.45) is 4.32. The van der Waals surface area contributed by atoms with E-state index in [9.17, 15) is 4.79 Å². The second kappa shape index (κ2) is 7.71. The number of para-hydroxylation sites is 2. The van der Waals surface area contributed by atoms with Gasteiger partial charge in [-0.2, -0.15) is 0 Å². The molecule has 0 fully saturated rings. The second-order valence-corrected chi connectivity index (χ2v) is 6.01. The highest BCUT2D eigenvalue weighted by molar-refractivity contribution is 5.92. The number of ether oxygens (including phenoxy) is 1. The van der Waals surface area contributed by atoms with E-state index in [4.69, 9.17) is 4.74 Å².